The van der Waals surface area contributed by atoms with Crippen molar-refractivity contribution in [1.82, 2.24) is 0 Å². The number of aryl methyl sites for hydroxylation is 1. The van der Waals surface area contributed by atoms with Gasteiger partial charge in [0.05, 0.1) is 16.9 Å². The molecule has 3 aliphatic heterocycles. The Hall–Kier alpha value is -7.56. The predicted molar refractivity (Wildman–Crippen MR) is 366 cm³/mol. The topological polar surface area (TPSA) is 9.72 Å². The average molecular weight is 1110 g/mol. The summed E-state index contributed by atoms with van der Waals surface area (Å²) in [6.07, 6.45) is 4.78. The molecule has 3 nitrogen and oxygen atoms in total. The van der Waals surface area contributed by atoms with Crippen molar-refractivity contribution >= 4 is 68.6 Å². The Morgan fingerprint density at radius 3 is 1.35 bits per heavy atom. The number of hydrogen-bond donors (Lipinski definition) is 0. The number of nitrogens with zero attached hydrogens (tertiary/aromatic N) is 3. The minimum Gasteiger partial charge on any atom is -0.334 e. The number of rotatable bonds is 5. The second kappa shape index (κ2) is 18.7. The van der Waals surface area contributed by atoms with Crippen molar-refractivity contribution in [3.8, 4) is 22.3 Å². The lowest BCUT2D eigenvalue weighted by Crippen LogP contribution is -2.62. The van der Waals surface area contributed by atoms with Crippen molar-refractivity contribution in [2.24, 2.45) is 0 Å². The third kappa shape index (κ3) is 8.19. The van der Waals surface area contributed by atoms with E-state index in [2.05, 4.69) is 307 Å². The summed E-state index contributed by atoms with van der Waals surface area (Å²) >= 11 is 0. The highest BCUT2D eigenvalue weighted by Crippen LogP contribution is 2.62. The van der Waals surface area contributed by atoms with E-state index in [1.165, 1.54) is 153 Å². The smallest absolute Gasteiger partial charge is 0.252 e. The fraction of sp³-hybridized carbons (Fsp3) is 0.333. The zero-order valence-electron chi connectivity index (χ0n) is 53.6. The van der Waals surface area contributed by atoms with E-state index in [-0.39, 0.29) is 44.7 Å². The van der Waals surface area contributed by atoms with E-state index in [1.807, 2.05) is 0 Å². The van der Waals surface area contributed by atoms with Gasteiger partial charge in [-0.15, -0.1) is 0 Å². The summed E-state index contributed by atoms with van der Waals surface area (Å²) in [7, 11) is 0. The zero-order valence-corrected chi connectivity index (χ0v) is 53.6. The predicted octanol–water partition coefficient (Wildman–Crippen LogP) is 20.0. The highest BCUT2D eigenvalue weighted by atomic mass is 15.3. The SMILES string of the molecule is Cc1cc2c3c(c1)N(c1ccc(C(C)(C)C)cc1-c1ccccc1)c1cc4c(cc1B3c1ccc(N3c5ccc(C(C)(C)C)cc5C5(C)CCCCC35C)cc1N2c1ccc(C(C)(C)C)cc1-c1ccccc1)C(C)(C)c1ccccc1C4(C)C. The summed E-state index contributed by atoms with van der Waals surface area (Å²) in [5.74, 6) is 0. The molecule has 0 saturated heterocycles. The first kappa shape index (κ1) is 55.3. The van der Waals surface area contributed by atoms with E-state index in [0.717, 1.165) is 6.42 Å². The fourth-order valence-corrected chi connectivity index (χ4v) is 16.4. The Morgan fingerprint density at radius 2 is 0.835 bits per heavy atom. The lowest BCUT2D eigenvalue weighted by molar-refractivity contribution is 0.195. The first-order chi connectivity index (χ1) is 40.2. The van der Waals surface area contributed by atoms with Gasteiger partial charge in [-0.25, -0.2) is 0 Å². The maximum absolute atomic E-state index is 2.81. The van der Waals surface area contributed by atoms with Crippen LogP contribution in [-0.4, -0.2) is 12.3 Å². The second-order valence-electron chi connectivity index (χ2n) is 30.6. The van der Waals surface area contributed by atoms with E-state index in [0.29, 0.717) is 0 Å². The van der Waals surface area contributed by atoms with Gasteiger partial charge in [0.2, 0.25) is 0 Å². The summed E-state index contributed by atoms with van der Waals surface area (Å²) in [6, 6.07) is 72.0. The van der Waals surface area contributed by atoms with Crippen molar-refractivity contribution in [3.63, 3.8) is 0 Å². The molecule has 1 saturated carbocycles. The Labute approximate surface area is 509 Å². The van der Waals surface area contributed by atoms with E-state index < -0.39 is 0 Å². The summed E-state index contributed by atoms with van der Waals surface area (Å²) in [6.45, 7) is 38.5. The lowest BCUT2D eigenvalue weighted by Gasteiger charge is -2.51. The normalized spacial score (nSPS) is 19.8. The first-order valence-corrected chi connectivity index (χ1v) is 31.7. The van der Waals surface area contributed by atoms with Crippen molar-refractivity contribution in [2.45, 2.75) is 174 Å². The second-order valence-corrected chi connectivity index (χ2v) is 30.6. The van der Waals surface area contributed by atoms with Gasteiger partial charge in [-0.2, -0.15) is 0 Å². The van der Waals surface area contributed by atoms with Crippen LogP contribution in [-0.2, 0) is 32.5 Å². The molecule has 2 aliphatic carbocycles. The van der Waals surface area contributed by atoms with E-state index in [9.17, 15) is 0 Å². The number of hydrogen-bond acceptors (Lipinski definition) is 3. The summed E-state index contributed by atoms with van der Waals surface area (Å²) in [4.78, 5) is 8.22. The third-order valence-electron chi connectivity index (χ3n) is 21.6. The molecule has 0 radical (unpaired) electrons. The minimum absolute atomic E-state index is 0.0208. The van der Waals surface area contributed by atoms with Gasteiger partial charge in [0, 0.05) is 61.5 Å². The zero-order chi connectivity index (χ0) is 59.7. The standard InChI is InChI=1S/C81H86BN3/c1-51-43-72-74-73(44-51)84(68-39-34-55(76(5,6)7)46-59(68)53-29-21-18-22-30-53)71-50-63-62(78(11,12)60-31-23-24-32-61(60)79(63,13)14)49-66(71)82(74)65-37-36-57(85-69-40-35-56(77(8,9)10)47-64(69)80(15)41-25-26-42-81(80,85)16)48-70(65)83(72)67-38-33-54(75(2,3)4)45-58(67)52-27-19-17-20-28-52/h17-24,27-40,43-50H,25-26,41-42H2,1-16H3. The molecular formula is C81H86BN3. The molecule has 14 rings (SSSR count). The highest BCUT2D eigenvalue weighted by molar-refractivity contribution is 7.00. The van der Waals surface area contributed by atoms with Crippen LogP contribution in [0.2, 0.25) is 0 Å². The maximum Gasteiger partial charge on any atom is 0.252 e. The molecule has 0 bridgehead atoms. The Kier molecular flexibility index (Phi) is 12.2. The summed E-state index contributed by atoms with van der Waals surface area (Å²) in [5.41, 5.74) is 30.6. The first-order valence-electron chi connectivity index (χ1n) is 31.7. The van der Waals surface area contributed by atoms with E-state index >= 15 is 0 Å². The van der Waals surface area contributed by atoms with Crippen LogP contribution < -0.4 is 31.1 Å². The quantitative estimate of drug-likeness (QED) is 0.159. The van der Waals surface area contributed by atoms with Gasteiger partial charge in [-0.3, -0.25) is 0 Å². The van der Waals surface area contributed by atoms with Gasteiger partial charge in [0.15, 0.2) is 0 Å². The number of benzene rings is 9. The van der Waals surface area contributed by atoms with Gasteiger partial charge in [0.1, 0.15) is 0 Å². The van der Waals surface area contributed by atoms with Crippen LogP contribution in [0.1, 0.15) is 180 Å². The van der Waals surface area contributed by atoms with Gasteiger partial charge in [-0.1, -0.05) is 231 Å². The molecule has 2 unspecified atom stereocenters. The van der Waals surface area contributed by atoms with Gasteiger partial charge in [0.25, 0.3) is 6.71 Å². The van der Waals surface area contributed by atoms with Crippen LogP contribution in [0.25, 0.3) is 22.3 Å². The molecule has 428 valence electrons. The Bertz CT molecular complexity index is 4200. The molecule has 9 aromatic rings. The summed E-state index contributed by atoms with van der Waals surface area (Å²) in [5, 5.41) is 0. The maximum atomic E-state index is 2.81. The Balaban J connectivity index is 1.11. The molecule has 5 aliphatic rings. The van der Waals surface area contributed by atoms with E-state index in [4.69, 9.17) is 0 Å². The molecular weight excluding hydrogens is 1030 g/mol. The van der Waals surface area contributed by atoms with Crippen LogP contribution in [0.4, 0.5) is 45.5 Å². The third-order valence-corrected chi connectivity index (χ3v) is 21.6. The van der Waals surface area contributed by atoms with Crippen LogP contribution in [0.5, 0.6) is 0 Å². The average Bonchev–Trinajstić information content (AvgIpc) is 1.33. The number of fused-ring (bicyclic) bond motifs is 9. The molecule has 0 aromatic heterocycles. The van der Waals surface area contributed by atoms with Gasteiger partial charge in [-0.05, 0) is 181 Å². The molecule has 9 aromatic carbocycles. The van der Waals surface area contributed by atoms with Crippen LogP contribution in [0.3, 0.4) is 0 Å². The fourth-order valence-electron chi connectivity index (χ4n) is 16.4. The molecule has 4 heteroatoms. The minimum atomic E-state index is -0.259. The molecule has 3 heterocycles. The molecule has 0 N–H and O–H groups in total. The summed E-state index contributed by atoms with van der Waals surface area (Å²) < 4.78 is 0. The largest absolute Gasteiger partial charge is 0.334 e. The molecule has 2 atom stereocenters. The van der Waals surface area contributed by atoms with Crippen LogP contribution in [0, 0.1) is 6.92 Å². The van der Waals surface area contributed by atoms with Crippen molar-refractivity contribution < 1.29 is 0 Å². The van der Waals surface area contributed by atoms with Gasteiger partial charge >= 0.3 is 0 Å². The number of anilines is 8. The molecule has 0 amide bonds. The van der Waals surface area contributed by atoms with Crippen molar-refractivity contribution in [3.05, 3.63) is 232 Å². The van der Waals surface area contributed by atoms with Crippen molar-refractivity contribution in [2.75, 3.05) is 14.7 Å². The van der Waals surface area contributed by atoms with Crippen molar-refractivity contribution in [1.29, 1.82) is 0 Å². The van der Waals surface area contributed by atoms with Crippen LogP contribution >= 0.6 is 0 Å². The van der Waals surface area contributed by atoms with Crippen LogP contribution in [0.15, 0.2) is 182 Å². The Morgan fingerprint density at radius 1 is 0.376 bits per heavy atom. The molecule has 1 fully saturated rings. The molecule has 0 spiro atoms. The monoisotopic (exact) mass is 1110 g/mol. The molecule has 85 heavy (non-hydrogen) atoms. The highest BCUT2D eigenvalue weighted by Gasteiger charge is 2.58. The van der Waals surface area contributed by atoms with E-state index in [1.54, 1.807) is 0 Å². The lowest BCUT2D eigenvalue weighted by atomic mass is 9.33. The van der Waals surface area contributed by atoms with Gasteiger partial charge < -0.3 is 14.7 Å².